The van der Waals surface area contributed by atoms with E-state index in [4.69, 9.17) is 10.9 Å². The molecule has 18 heavy (non-hydrogen) atoms. The van der Waals surface area contributed by atoms with Gasteiger partial charge in [-0.05, 0) is 37.9 Å². The van der Waals surface area contributed by atoms with E-state index in [1.165, 1.54) is 11.3 Å². The number of nitrogens with two attached hydrogens (primary N) is 1. The zero-order valence-electron chi connectivity index (χ0n) is 9.85. The molecule has 0 aliphatic heterocycles. The molecule has 0 aliphatic rings. The van der Waals surface area contributed by atoms with Gasteiger partial charge in [0, 0.05) is 24.0 Å². The molecule has 1 atom stereocenters. The maximum atomic E-state index is 12.1. The lowest BCUT2D eigenvalue weighted by Gasteiger charge is -2.20. The Morgan fingerprint density at radius 1 is 1.67 bits per heavy atom. The number of amides is 1. The molecule has 5 nitrogen and oxygen atoms in total. The highest BCUT2D eigenvalue weighted by atomic mass is 79.9. The van der Waals surface area contributed by atoms with Crippen LogP contribution in [0.3, 0.4) is 0 Å². The molecule has 0 aromatic carbocycles. The summed E-state index contributed by atoms with van der Waals surface area (Å²) in [5, 5.41) is 11.5. The lowest BCUT2D eigenvalue weighted by atomic mass is 10.1. The molecule has 0 aliphatic carbocycles. The second-order valence-electron chi connectivity index (χ2n) is 3.84. The Morgan fingerprint density at radius 2 is 2.28 bits per heavy atom. The Kier molecular flexibility index (Phi) is 5.61. The molecule has 0 saturated heterocycles. The van der Waals surface area contributed by atoms with E-state index in [-0.39, 0.29) is 17.7 Å². The minimum atomic E-state index is -0.198. The van der Waals surface area contributed by atoms with Gasteiger partial charge in [-0.25, -0.2) is 0 Å². The predicted molar refractivity (Wildman–Crippen MR) is 79.3 cm³/mol. The molecule has 100 valence electrons. The number of amidine groups is 1. The monoisotopic (exact) mass is 397 g/mol. The Labute approximate surface area is 126 Å². The Hall–Kier alpha value is -0.600. The van der Waals surface area contributed by atoms with Crippen LogP contribution in [0.2, 0.25) is 0 Å². The van der Waals surface area contributed by atoms with Crippen LogP contribution in [0, 0.1) is 5.92 Å². The molecule has 1 unspecified atom stereocenters. The van der Waals surface area contributed by atoms with Crippen LogP contribution in [0.4, 0.5) is 0 Å². The Morgan fingerprint density at radius 3 is 2.72 bits per heavy atom. The van der Waals surface area contributed by atoms with Crippen LogP contribution in [0.25, 0.3) is 0 Å². The summed E-state index contributed by atoms with van der Waals surface area (Å²) in [4.78, 5) is 14.3. The summed E-state index contributed by atoms with van der Waals surface area (Å²) in [6, 6.07) is 1.77. The van der Waals surface area contributed by atoms with Gasteiger partial charge in [-0.15, -0.1) is 11.3 Å². The highest BCUT2D eigenvalue weighted by Gasteiger charge is 2.19. The normalized spacial score (nSPS) is 13.4. The van der Waals surface area contributed by atoms with Crippen molar-refractivity contribution < 1.29 is 10.0 Å². The van der Waals surface area contributed by atoms with Gasteiger partial charge in [-0.1, -0.05) is 12.1 Å². The summed E-state index contributed by atoms with van der Waals surface area (Å²) in [5.74, 6) is -0.178. The van der Waals surface area contributed by atoms with Gasteiger partial charge in [-0.2, -0.15) is 0 Å². The molecule has 3 N–H and O–H groups in total. The van der Waals surface area contributed by atoms with Gasteiger partial charge in [0.2, 0.25) is 0 Å². The number of carbonyl (C=O) groups excluding carboxylic acids is 1. The van der Waals surface area contributed by atoms with Crippen molar-refractivity contribution in [3.63, 3.8) is 0 Å². The molecule has 0 saturated carbocycles. The molecule has 1 amide bonds. The number of hydrogen-bond donors (Lipinski definition) is 2. The quantitative estimate of drug-likeness (QED) is 0.354. The Bertz CT molecular complexity index is 456. The lowest BCUT2D eigenvalue weighted by molar-refractivity contribution is 0.0790. The molecular formula is C10H13Br2N3O2S. The van der Waals surface area contributed by atoms with Gasteiger partial charge in [0.05, 0.1) is 8.66 Å². The molecule has 0 radical (unpaired) electrons. The molecule has 1 aromatic heterocycles. The minimum absolute atomic E-state index is 0.0935. The van der Waals surface area contributed by atoms with Crippen molar-refractivity contribution in [3.8, 4) is 0 Å². The summed E-state index contributed by atoms with van der Waals surface area (Å²) in [5.41, 5.74) is 5.48. The third kappa shape index (κ3) is 3.69. The van der Waals surface area contributed by atoms with Crippen LogP contribution in [0.15, 0.2) is 19.5 Å². The van der Waals surface area contributed by atoms with Crippen molar-refractivity contribution in [1.82, 2.24) is 4.90 Å². The van der Waals surface area contributed by atoms with E-state index in [9.17, 15) is 4.79 Å². The van der Waals surface area contributed by atoms with Crippen molar-refractivity contribution >= 4 is 54.9 Å². The van der Waals surface area contributed by atoms with Gasteiger partial charge in [-0.3, -0.25) is 4.79 Å². The van der Waals surface area contributed by atoms with Crippen molar-refractivity contribution in [2.24, 2.45) is 16.8 Å². The van der Waals surface area contributed by atoms with E-state index in [0.29, 0.717) is 11.4 Å². The summed E-state index contributed by atoms with van der Waals surface area (Å²) < 4.78 is 1.73. The van der Waals surface area contributed by atoms with E-state index >= 15 is 0 Å². The molecule has 0 fully saturated rings. The number of thiophene rings is 1. The maximum absolute atomic E-state index is 12.1. The maximum Gasteiger partial charge on any atom is 0.263 e. The van der Waals surface area contributed by atoms with Gasteiger partial charge >= 0.3 is 0 Å². The van der Waals surface area contributed by atoms with Crippen LogP contribution >= 0.6 is 43.2 Å². The highest BCUT2D eigenvalue weighted by Crippen LogP contribution is 2.32. The van der Waals surface area contributed by atoms with Crippen LogP contribution in [0.1, 0.15) is 16.6 Å². The molecule has 8 heteroatoms. The molecule has 1 rings (SSSR count). The van der Waals surface area contributed by atoms with Crippen molar-refractivity contribution in [1.29, 1.82) is 0 Å². The van der Waals surface area contributed by atoms with E-state index in [1.807, 2.05) is 0 Å². The fourth-order valence-electron chi connectivity index (χ4n) is 1.33. The number of oxime groups is 1. The number of nitrogens with zero attached hydrogens (tertiary/aromatic N) is 2. The summed E-state index contributed by atoms with van der Waals surface area (Å²) in [6.07, 6.45) is 0. The zero-order valence-corrected chi connectivity index (χ0v) is 13.8. The summed E-state index contributed by atoms with van der Waals surface area (Å²) in [7, 11) is 1.69. The second kappa shape index (κ2) is 6.53. The van der Waals surface area contributed by atoms with Gasteiger partial charge < -0.3 is 15.8 Å². The molecule has 0 bridgehead atoms. The van der Waals surface area contributed by atoms with Crippen LogP contribution < -0.4 is 5.73 Å². The smallest absolute Gasteiger partial charge is 0.263 e. The van der Waals surface area contributed by atoms with E-state index in [2.05, 4.69) is 37.0 Å². The number of rotatable bonds is 4. The topological polar surface area (TPSA) is 78.9 Å². The first kappa shape index (κ1) is 15.5. The van der Waals surface area contributed by atoms with Gasteiger partial charge in [0.1, 0.15) is 5.84 Å². The second-order valence-corrected chi connectivity index (χ2v) is 7.07. The van der Waals surface area contributed by atoms with E-state index < -0.39 is 0 Å². The zero-order chi connectivity index (χ0) is 13.9. The fraction of sp³-hybridized carbons (Fsp3) is 0.400. The minimum Gasteiger partial charge on any atom is -0.409 e. The predicted octanol–water partition coefficient (Wildman–Crippen LogP) is 2.73. The molecular weight excluding hydrogens is 386 g/mol. The van der Waals surface area contributed by atoms with Gasteiger partial charge in [0.15, 0.2) is 0 Å². The summed E-state index contributed by atoms with van der Waals surface area (Å²) in [6.45, 7) is 2.18. The van der Waals surface area contributed by atoms with Crippen molar-refractivity contribution in [2.45, 2.75) is 6.92 Å². The van der Waals surface area contributed by atoms with Gasteiger partial charge in [0.25, 0.3) is 5.91 Å². The van der Waals surface area contributed by atoms with Crippen LogP contribution in [-0.2, 0) is 0 Å². The summed E-state index contributed by atoms with van der Waals surface area (Å²) >= 11 is 8.05. The number of halogens is 2. The molecule has 1 aromatic rings. The number of carbonyl (C=O) groups is 1. The molecule has 0 spiro atoms. The third-order valence-electron chi connectivity index (χ3n) is 2.37. The first-order valence-electron chi connectivity index (χ1n) is 5.04. The molecule has 1 heterocycles. The largest absolute Gasteiger partial charge is 0.409 e. The van der Waals surface area contributed by atoms with E-state index in [1.54, 1.807) is 24.9 Å². The first-order chi connectivity index (χ1) is 8.36. The average molecular weight is 399 g/mol. The van der Waals surface area contributed by atoms with Crippen LogP contribution in [0.5, 0.6) is 0 Å². The Balaban J connectivity index is 2.73. The average Bonchev–Trinajstić information content (AvgIpc) is 2.67. The third-order valence-corrected chi connectivity index (χ3v) is 5.61. The van der Waals surface area contributed by atoms with Crippen LogP contribution in [-0.4, -0.2) is 35.4 Å². The standard InChI is InChI=1S/C10H13Br2N3O2S/c1-5(9(13)14-17)4-15(2)10(16)7-3-6(11)8(12)18-7/h3,5,17H,4H2,1-2H3,(H2,13,14). The fourth-order valence-corrected chi connectivity index (χ4v) is 3.36. The first-order valence-corrected chi connectivity index (χ1v) is 7.44. The lowest BCUT2D eigenvalue weighted by Crippen LogP contribution is -2.36. The van der Waals surface area contributed by atoms with Crippen molar-refractivity contribution in [2.75, 3.05) is 13.6 Å². The van der Waals surface area contributed by atoms with E-state index in [0.717, 1.165) is 8.26 Å². The number of hydrogen-bond acceptors (Lipinski definition) is 4. The highest BCUT2D eigenvalue weighted by molar-refractivity contribution is 9.13. The van der Waals surface area contributed by atoms with Crippen molar-refractivity contribution in [3.05, 3.63) is 19.2 Å². The SMILES string of the molecule is CC(CN(C)C(=O)c1cc(Br)c(Br)s1)C(N)=NO.